The first kappa shape index (κ1) is 63.6. The van der Waals surface area contributed by atoms with Crippen LogP contribution in [-0.4, -0.2) is 37.2 Å². The van der Waals surface area contributed by atoms with Crippen LogP contribution < -0.4 is 0 Å². The van der Waals surface area contributed by atoms with Crippen LogP contribution >= 0.6 is 0 Å². The molecule has 1 atom stereocenters. The van der Waals surface area contributed by atoms with Gasteiger partial charge in [0, 0.05) is 19.3 Å². The number of esters is 3. The van der Waals surface area contributed by atoms with Crippen molar-refractivity contribution in [1.82, 2.24) is 0 Å². The first-order valence-electron chi connectivity index (χ1n) is 29.0. The Balaban J connectivity index is 4.29. The second-order valence-electron chi connectivity index (χ2n) is 19.5. The van der Waals surface area contributed by atoms with E-state index in [0.29, 0.717) is 19.3 Å². The molecule has 6 heteroatoms. The maximum Gasteiger partial charge on any atom is 0.306 e. The van der Waals surface area contributed by atoms with E-state index in [1.807, 2.05) is 0 Å². The van der Waals surface area contributed by atoms with Crippen molar-refractivity contribution < 1.29 is 28.6 Å². The highest BCUT2D eigenvalue weighted by atomic mass is 16.6. The minimum atomic E-state index is -0.774. The number of ether oxygens (including phenoxy) is 3. The summed E-state index contributed by atoms with van der Waals surface area (Å²) in [5.74, 6) is -0.872. The molecule has 0 fully saturated rings. The monoisotopic (exact) mass is 927 g/mol. The maximum atomic E-state index is 12.9. The van der Waals surface area contributed by atoms with Gasteiger partial charge in [0.25, 0.3) is 0 Å². The number of unbranched alkanes of at least 4 members (excludes halogenated alkanes) is 36. The second-order valence-corrected chi connectivity index (χ2v) is 19.5. The molecule has 0 spiro atoms. The molecular formula is C60H110O6. The highest BCUT2D eigenvalue weighted by molar-refractivity contribution is 5.71. The van der Waals surface area contributed by atoms with Crippen molar-refractivity contribution in [2.45, 2.75) is 316 Å². The molecule has 66 heavy (non-hydrogen) atoms. The topological polar surface area (TPSA) is 78.9 Å². The smallest absolute Gasteiger partial charge is 0.306 e. The van der Waals surface area contributed by atoms with E-state index in [0.717, 1.165) is 96.3 Å². The van der Waals surface area contributed by atoms with Crippen molar-refractivity contribution >= 4 is 17.9 Å². The highest BCUT2D eigenvalue weighted by Crippen LogP contribution is 2.17. The van der Waals surface area contributed by atoms with Gasteiger partial charge in [0.2, 0.25) is 0 Å². The molecule has 0 aliphatic heterocycles. The predicted molar refractivity (Wildman–Crippen MR) is 284 cm³/mol. The third-order valence-electron chi connectivity index (χ3n) is 12.9. The number of hydrogen-bond acceptors (Lipinski definition) is 6. The van der Waals surface area contributed by atoms with Gasteiger partial charge in [-0.1, -0.05) is 276 Å². The summed E-state index contributed by atoms with van der Waals surface area (Å²) in [5, 5.41) is 0. The summed E-state index contributed by atoms with van der Waals surface area (Å²) in [6, 6.07) is 0. The Morgan fingerprint density at radius 3 is 0.924 bits per heavy atom. The van der Waals surface area contributed by atoms with Crippen molar-refractivity contribution in [3.63, 3.8) is 0 Å². The Morgan fingerprint density at radius 1 is 0.318 bits per heavy atom. The molecule has 0 aromatic carbocycles. The van der Waals surface area contributed by atoms with E-state index in [1.54, 1.807) is 0 Å². The first-order valence-corrected chi connectivity index (χ1v) is 29.0. The Morgan fingerprint density at radius 2 is 0.591 bits per heavy atom. The summed E-state index contributed by atoms with van der Waals surface area (Å²) in [5.41, 5.74) is 0. The van der Waals surface area contributed by atoms with Gasteiger partial charge < -0.3 is 14.2 Å². The molecule has 0 aromatic heterocycles. The SMILES string of the molecule is CC/C=C\C/C=C\C/C=C\CCCCCCCC(=O)OC[C@H](COC(=O)CCCCCCCCCCCCCC)OC(=O)CCCCCCCCCCCCCCCCCCCCCCC. The van der Waals surface area contributed by atoms with Crippen molar-refractivity contribution in [2.24, 2.45) is 0 Å². The molecule has 0 saturated carbocycles. The lowest BCUT2D eigenvalue weighted by Gasteiger charge is -2.18. The quantitative estimate of drug-likeness (QED) is 0.0262. The van der Waals surface area contributed by atoms with E-state index in [9.17, 15) is 14.4 Å². The summed E-state index contributed by atoms with van der Waals surface area (Å²) in [7, 11) is 0. The third kappa shape index (κ3) is 52.6. The third-order valence-corrected chi connectivity index (χ3v) is 12.9. The molecule has 0 saturated heterocycles. The molecule has 386 valence electrons. The predicted octanol–water partition coefficient (Wildman–Crippen LogP) is 19.3. The summed E-state index contributed by atoms with van der Waals surface area (Å²) in [4.78, 5) is 38.1. The average Bonchev–Trinajstić information content (AvgIpc) is 3.31. The number of hydrogen-bond donors (Lipinski definition) is 0. The minimum absolute atomic E-state index is 0.0730. The van der Waals surface area contributed by atoms with Crippen molar-refractivity contribution in [3.8, 4) is 0 Å². The van der Waals surface area contributed by atoms with Crippen molar-refractivity contribution in [1.29, 1.82) is 0 Å². The van der Waals surface area contributed by atoms with Crippen LogP contribution in [0, 0.1) is 0 Å². The fourth-order valence-corrected chi connectivity index (χ4v) is 8.58. The normalized spacial score (nSPS) is 12.2. The van der Waals surface area contributed by atoms with Crippen molar-refractivity contribution in [2.75, 3.05) is 13.2 Å². The molecule has 0 heterocycles. The van der Waals surface area contributed by atoms with Gasteiger partial charge in [0.15, 0.2) is 6.10 Å². The molecular weight excluding hydrogens is 817 g/mol. The molecule has 0 aliphatic carbocycles. The van der Waals surface area contributed by atoms with E-state index in [2.05, 4.69) is 57.2 Å². The number of allylic oxidation sites excluding steroid dienone is 6. The molecule has 0 rings (SSSR count). The lowest BCUT2D eigenvalue weighted by Crippen LogP contribution is -2.30. The average molecular weight is 928 g/mol. The van der Waals surface area contributed by atoms with Gasteiger partial charge in [-0.25, -0.2) is 0 Å². The van der Waals surface area contributed by atoms with Crippen LogP contribution in [0.3, 0.4) is 0 Å². The van der Waals surface area contributed by atoms with Crippen LogP contribution in [-0.2, 0) is 28.6 Å². The number of rotatable bonds is 53. The molecule has 0 aromatic rings. The fourth-order valence-electron chi connectivity index (χ4n) is 8.58. The fraction of sp³-hybridized carbons (Fsp3) is 0.850. The van der Waals surface area contributed by atoms with Crippen LogP contribution in [0.25, 0.3) is 0 Å². The van der Waals surface area contributed by atoms with E-state index >= 15 is 0 Å². The van der Waals surface area contributed by atoms with Crippen LogP contribution in [0.15, 0.2) is 36.5 Å². The lowest BCUT2D eigenvalue weighted by molar-refractivity contribution is -0.167. The van der Waals surface area contributed by atoms with Crippen LogP contribution in [0.4, 0.5) is 0 Å². The maximum absolute atomic E-state index is 12.9. The van der Waals surface area contributed by atoms with Crippen LogP contribution in [0.1, 0.15) is 310 Å². The van der Waals surface area contributed by atoms with Crippen molar-refractivity contribution in [3.05, 3.63) is 36.5 Å². The molecule has 0 aliphatic rings. The molecule has 0 bridgehead atoms. The Kier molecular flexibility index (Phi) is 53.2. The van der Waals surface area contributed by atoms with Gasteiger partial charge in [-0.3, -0.25) is 14.4 Å². The zero-order valence-corrected chi connectivity index (χ0v) is 44.2. The number of carbonyl (C=O) groups excluding carboxylic acids is 3. The van der Waals surface area contributed by atoms with E-state index in [4.69, 9.17) is 14.2 Å². The Hall–Kier alpha value is -2.37. The zero-order valence-electron chi connectivity index (χ0n) is 44.2. The molecule has 0 N–H and O–H groups in total. The molecule has 0 unspecified atom stereocenters. The van der Waals surface area contributed by atoms with Gasteiger partial charge in [-0.15, -0.1) is 0 Å². The molecule has 6 nitrogen and oxygen atoms in total. The first-order chi connectivity index (χ1) is 32.5. The molecule has 0 radical (unpaired) electrons. The summed E-state index contributed by atoms with van der Waals surface area (Å²) in [6.45, 7) is 6.55. The van der Waals surface area contributed by atoms with Gasteiger partial charge >= 0.3 is 17.9 Å². The summed E-state index contributed by atoms with van der Waals surface area (Å²) >= 11 is 0. The molecule has 0 amide bonds. The van der Waals surface area contributed by atoms with Gasteiger partial charge in [0.1, 0.15) is 13.2 Å². The van der Waals surface area contributed by atoms with E-state index in [-0.39, 0.29) is 31.1 Å². The Labute approximate surface area is 410 Å². The van der Waals surface area contributed by atoms with Gasteiger partial charge in [0.05, 0.1) is 0 Å². The van der Waals surface area contributed by atoms with Gasteiger partial charge in [-0.2, -0.15) is 0 Å². The van der Waals surface area contributed by atoms with E-state index in [1.165, 1.54) is 173 Å². The van der Waals surface area contributed by atoms with E-state index < -0.39 is 6.10 Å². The van der Waals surface area contributed by atoms with Gasteiger partial charge in [-0.05, 0) is 51.4 Å². The number of carbonyl (C=O) groups is 3. The summed E-state index contributed by atoms with van der Waals surface area (Å²) in [6.07, 6.45) is 65.7. The largest absolute Gasteiger partial charge is 0.462 e. The minimum Gasteiger partial charge on any atom is -0.462 e. The zero-order chi connectivity index (χ0) is 47.9. The summed E-state index contributed by atoms with van der Waals surface area (Å²) < 4.78 is 16.9. The lowest BCUT2D eigenvalue weighted by atomic mass is 10.0. The Bertz CT molecular complexity index is 1110. The van der Waals surface area contributed by atoms with Crippen LogP contribution in [0.2, 0.25) is 0 Å². The standard InChI is InChI=1S/C60H110O6/c1-4-7-10-13-16-19-22-25-27-28-29-30-31-32-34-36-39-42-45-48-51-54-60(63)66-57(55-64-58(61)52-49-46-43-40-37-24-21-18-15-12-9-6-3)56-65-59(62)53-50-47-44-41-38-35-33-26-23-20-17-14-11-8-5-2/h8,11,17,20,26,33,57H,4-7,9-10,12-16,18-19,21-25,27-32,34-56H2,1-3H3/b11-8-,20-17-,33-26-/t57-/m0/s1. The highest BCUT2D eigenvalue weighted by Gasteiger charge is 2.19. The second kappa shape index (κ2) is 55.2. The van der Waals surface area contributed by atoms with Crippen LogP contribution in [0.5, 0.6) is 0 Å².